The van der Waals surface area contributed by atoms with E-state index in [1.54, 1.807) is 0 Å². The van der Waals surface area contributed by atoms with Gasteiger partial charge in [0.25, 0.3) is 0 Å². The van der Waals surface area contributed by atoms with Crippen molar-refractivity contribution in [3.05, 3.63) is 29.8 Å². The monoisotopic (exact) mass is 512 g/mol. The van der Waals surface area contributed by atoms with Gasteiger partial charge in [0, 0.05) is 24.6 Å². The van der Waals surface area contributed by atoms with Crippen molar-refractivity contribution in [3.8, 4) is 0 Å². The van der Waals surface area contributed by atoms with Crippen LogP contribution < -0.4 is 21.3 Å². The van der Waals surface area contributed by atoms with E-state index in [2.05, 4.69) is 26.0 Å². The van der Waals surface area contributed by atoms with Gasteiger partial charge in [-0.05, 0) is 36.8 Å². The van der Waals surface area contributed by atoms with E-state index in [1.165, 1.54) is 0 Å². The van der Waals surface area contributed by atoms with Gasteiger partial charge in [-0.15, -0.1) is 13.2 Å². The van der Waals surface area contributed by atoms with Gasteiger partial charge in [0.15, 0.2) is 5.78 Å². The molecule has 2 heterocycles. The molecule has 0 spiro atoms. The van der Waals surface area contributed by atoms with Crippen LogP contribution in [0.5, 0.6) is 0 Å². The van der Waals surface area contributed by atoms with E-state index in [9.17, 15) is 32.3 Å². The van der Waals surface area contributed by atoms with Crippen LogP contribution in [0.2, 0.25) is 0 Å². The smallest absolute Gasteiger partial charge is 0.373 e. The molecule has 12 heteroatoms. The number of ketones is 1. The number of para-hydroxylation sites is 1. The molecule has 36 heavy (non-hydrogen) atoms. The molecule has 4 atom stereocenters. The van der Waals surface area contributed by atoms with E-state index in [-0.39, 0.29) is 24.7 Å². The largest absolute Gasteiger partial charge is 0.522 e. The molecule has 4 N–H and O–H groups in total. The molecule has 2 aliphatic rings. The molecule has 0 bridgehead atoms. The van der Waals surface area contributed by atoms with Gasteiger partial charge in [0.05, 0.1) is 6.04 Å². The van der Waals surface area contributed by atoms with Gasteiger partial charge in [0.2, 0.25) is 17.7 Å². The maximum Gasteiger partial charge on any atom is 0.522 e. The second-order valence-electron chi connectivity index (χ2n) is 9.52. The summed E-state index contributed by atoms with van der Waals surface area (Å²) in [6.45, 7) is 2.77. The minimum absolute atomic E-state index is 0.0156. The number of ether oxygens (including phenoxy) is 1. The first kappa shape index (κ1) is 27.4. The van der Waals surface area contributed by atoms with E-state index in [1.807, 2.05) is 38.1 Å². The molecule has 0 aromatic heterocycles. The van der Waals surface area contributed by atoms with Crippen LogP contribution in [0.1, 0.15) is 38.7 Å². The van der Waals surface area contributed by atoms with Crippen LogP contribution >= 0.6 is 0 Å². The van der Waals surface area contributed by atoms with Gasteiger partial charge in [-0.3, -0.25) is 23.9 Å². The first-order valence-electron chi connectivity index (χ1n) is 11.9. The van der Waals surface area contributed by atoms with Crippen LogP contribution in [-0.4, -0.2) is 61.1 Å². The summed E-state index contributed by atoms with van der Waals surface area (Å²) in [6, 6.07) is 4.44. The number of carbonyl (C=O) groups excluding carboxylic acids is 4. The number of halogens is 3. The van der Waals surface area contributed by atoms with Crippen molar-refractivity contribution in [3.63, 3.8) is 0 Å². The van der Waals surface area contributed by atoms with E-state index >= 15 is 0 Å². The number of anilines is 1. The third-order valence-corrected chi connectivity index (χ3v) is 6.19. The Morgan fingerprint density at radius 3 is 2.47 bits per heavy atom. The Morgan fingerprint density at radius 1 is 1.14 bits per heavy atom. The predicted octanol–water partition coefficient (Wildman–Crippen LogP) is 1.67. The highest BCUT2D eigenvalue weighted by Gasteiger charge is 2.37. The third-order valence-electron chi connectivity index (χ3n) is 6.19. The van der Waals surface area contributed by atoms with E-state index < -0.39 is 54.6 Å². The quantitative estimate of drug-likeness (QED) is 0.358. The van der Waals surface area contributed by atoms with Crippen LogP contribution in [0.4, 0.5) is 18.9 Å². The number of hydrogen-bond donors (Lipinski definition) is 4. The molecule has 1 aromatic carbocycles. The molecule has 2 aliphatic heterocycles. The molecular weight excluding hydrogens is 481 g/mol. The van der Waals surface area contributed by atoms with Crippen molar-refractivity contribution in [2.24, 2.45) is 11.8 Å². The number of rotatable bonds is 11. The van der Waals surface area contributed by atoms with Crippen LogP contribution in [0.15, 0.2) is 24.3 Å². The van der Waals surface area contributed by atoms with Gasteiger partial charge in [-0.1, -0.05) is 32.0 Å². The molecule has 1 saturated heterocycles. The summed E-state index contributed by atoms with van der Waals surface area (Å²) >= 11 is 0. The van der Waals surface area contributed by atoms with Crippen LogP contribution in [-0.2, 0) is 30.3 Å². The molecule has 198 valence electrons. The fourth-order valence-electron chi connectivity index (χ4n) is 4.38. The minimum Gasteiger partial charge on any atom is -0.373 e. The molecule has 1 unspecified atom stereocenters. The lowest BCUT2D eigenvalue weighted by atomic mass is 9.95. The zero-order valence-corrected chi connectivity index (χ0v) is 20.1. The fraction of sp³-hybridized carbons (Fsp3) is 0.583. The average Bonchev–Trinajstić information content (AvgIpc) is 3.41. The number of benzene rings is 1. The molecule has 3 rings (SSSR count). The second-order valence-corrected chi connectivity index (χ2v) is 9.52. The zero-order valence-electron chi connectivity index (χ0n) is 20.1. The second kappa shape index (κ2) is 11.7. The van der Waals surface area contributed by atoms with Crippen LogP contribution in [0, 0.1) is 11.8 Å². The average molecular weight is 513 g/mol. The predicted molar refractivity (Wildman–Crippen MR) is 124 cm³/mol. The summed E-state index contributed by atoms with van der Waals surface area (Å²) in [4.78, 5) is 50.6. The standard InChI is InChI=1S/C24H31F3N4O5/c1-13(2)9-18(31-23(35)19-10-14-5-3-4-6-16(14)29-19)22(34)30-17(11-15-7-8-28-21(15)33)20(32)12-36-24(25,26)27/h3-6,13,15,17-19,29H,7-12H2,1-2H3,(H,28,33)(H,30,34)(H,31,35)/t15-,17-,18-,19?/m0/s1. The number of amides is 3. The lowest BCUT2D eigenvalue weighted by Crippen LogP contribution is -2.55. The highest BCUT2D eigenvalue weighted by atomic mass is 19.4. The van der Waals surface area contributed by atoms with E-state index in [4.69, 9.17) is 0 Å². The SMILES string of the molecule is CC(C)C[C@H](NC(=O)C1Cc2ccccc2N1)C(=O)N[C@@H](C[C@@H]1CCNC1=O)C(=O)COC(F)(F)F. The molecule has 9 nitrogen and oxygen atoms in total. The highest BCUT2D eigenvalue weighted by Crippen LogP contribution is 2.25. The third kappa shape index (κ3) is 7.67. The van der Waals surface area contributed by atoms with Gasteiger partial charge < -0.3 is 21.3 Å². The highest BCUT2D eigenvalue weighted by molar-refractivity contribution is 5.95. The summed E-state index contributed by atoms with van der Waals surface area (Å²) in [5, 5.41) is 10.9. The zero-order chi connectivity index (χ0) is 26.5. The van der Waals surface area contributed by atoms with E-state index in [0.717, 1.165) is 11.3 Å². The van der Waals surface area contributed by atoms with Crippen molar-refractivity contribution >= 4 is 29.2 Å². The normalized spacial score (nSPS) is 20.8. The summed E-state index contributed by atoms with van der Waals surface area (Å²) < 4.78 is 41.1. The molecule has 0 radical (unpaired) electrons. The first-order chi connectivity index (χ1) is 16.9. The Kier molecular flexibility index (Phi) is 8.93. The molecule has 0 saturated carbocycles. The van der Waals surface area contributed by atoms with Gasteiger partial charge in [0.1, 0.15) is 18.7 Å². The Hall–Kier alpha value is -3.15. The maximum absolute atomic E-state index is 13.2. The van der Waals surface area contributed by atoms with Crippen molar-refractivity contribution in [1.29, 1.82) is 0 Å². The fourth-order valence-corrected chi connectivity index (χ4v) is 4.38. The van der Waals surface area contributed by atoms with Crippen molar-refractivity contribution in [2.45, 2.75) is 64.0 Å². The molecule has 3 amide bonds. The number of carbonyl (C=O) groups is 4. The maximum atomic E-state index is 13.2. The molecule has 0 aliphatic carbocycles. The molecule has 1 aromatic rings. The van der Waals surface area contributed by atoms with Gasteiger partial charge in [-0.2, -0.15) is 0 Å². The summed E-state index contributed by atoms with van der Waals surface area (Å²) in [5.41, 5.74) is 1.79. The Labute approximate surface area is 206 Å². The Balaban J connectivity index is 1.68. The van der Waals surface area contributed by atoms with Gasteiger partial charge >= 0.3 is 6.36 Å². The Bertz CT molecular complexity index is 960. The Morgan fingerprint density at radius 2 is 1.86 bits per heavy atom. The molecular formula is C24H31F3N4O5. The number of nitrogens with one attached hydrogen (secondary N) is 4. The number of alkyl halides is 3. The number of fused-ring (bicyclic) bond motifs is 1. The van der Waals surface area contributed by atoms with Crippen molar-refractivity contribution in [2.75, 3.05) is 18.5 Å². The number of hydrogen-bond acceptors (Lipinski definition) is 6. The van der Waals surface area contributed by atoms with Gasteiger partial charge in [-0.25, -0.2) is 0 Å². The summed E-state index contributed by atoms with van der Waals surface area (Å²) in [5.74, 6) is -3.12. The van der Waals surface area contributed by atoms with E-state index in [0.29, 0.717) is 19.4 Å². The number of Topliss-reactive ketones (excluding diaryl/α,β-unsaturated/α-hetero) is 1. The molecule has 1 fully saturated rings. The lowest BCUT2D eigenvalue weighted by molar-refractivity contribution is -0.321. The van der Waals surface area contributed by atoms with Crippen molar-refractivity contribution in [1.82, 2.24) is 16.0 Å². The first-order valence-corrected chi connectivity index (χ1v) is 11.9. The van der Waals surface area contributed by atoms with Crippen molar-refractivity contribution < 1.29 is 37.1 Å². The summed E-state index contributed by atoms with van der Waals surface area (Å²) in [6.07, 6.45) is -4.13. The lowest BCUT2D eigenvalue weighted by Gasteiger charge is -2.26. The van der Waals surface area contributed by atoms with Crippen LogP contribution in [0.3, 0.4) is 0 Å². The minimum atomic E-state index is -5.02. The van der Waals surface area contributed by atoms with Crippen LogP contribution in [0.25, 0.3) is 0 Å². The summed E-state index contributed by atoms with van der Waals surface area (Å²) in [7, 11) is 0. The topological polar surface area (TPSA) is 126 Å².